The Morgan fingerprint density at radius 2 is 2.13 bits per heavy atom. The average Bonchev–Trinajstić information content (AvgIpc) is 2.15. The van der Waals surface area contributed by atoms with E-state index in [0.717, 1.165) is 18.4 Å². The van der Waals surface area contributed by atoms with Crippen LogP contribution in [0.3, 0.4) is 0 Å². The summed E-state index contributed by atoms with van der Waals surface area (Å²) >= 11 is 5.93. The molecule has 0 radical (unpaired) electrons. The van der Waals surface area contributed by atoms with Crippen LogP contribution in [0.25, 0.3) is 0 Å². The van der Waals surface area contributed by atoms with E-state index in [1.165, 1.54) is 0 Å². The van der Waals surface area contributed by atoms with Gasteiger partial charge in [-0.1, -0.05) is 18.5 Å². The van der Waals surface area contributed by atoms with Crippen molar-refractivity contribution in [3.05, 3.63) is 28.8 Å². The number of halogens is 1. The molecular weight excluding hydrogens is 212 g/mol. The van der Waals surface area contributed by atoms with Crippen LogP contribution in [0.1, 0.15) is 25.3 Å². The molecule has 0 bridgehead atoms. The molecule has 1 aromatic rings. The summed E-state index contributed by atoms with van der Waals surface area (Å²) in [5.41, 5.74) is 0.0750. The van der Waals surface area contributed by atoms with Gasteiger partial charge in [-0.15, -0.1) is 0 Å². The zero-order chi connectivity index (χ0) is 11.1. The number of hydrogen-bond donors (Lipinski definition) is 1. The first kappa shape index (κ1) is 10.8. The van der Waals surface area contributed by atoms with E-state index in [9.17, 15) is 5.11 Å². The molecule has 1 N–H and O–H groups in total. The van der Waals surface area contributed by atoms with Crippen LogP contribution < -0.4 is 4.74 Å². The molecule has 1 saturated carbocycles. The number of hydrogen-bond acceptors (Lipinski definition) is 2. The van der Waals surface area contributed by atoms with Crippen LogP contribution in [0.15, 0.2) is 18.2 Å². The Kier molecular flexibility index (Phi) is 2.65. The molecule has 2 nitrogen and oxygen atoms in total. The minimum absolute atomic E-state index is 0.568. The first-order valence-electron chi connectivity index (χ1n) is 5.11. The molecule has 82 valence electrons. The monoisotopic (exact) mass is 226 g/mol. The van der Waals surface area contributed by atoms with Crippen LogP contribution in [0.5, 0.6) is 5.75 Å². The zero-order valence-electron chi connectivity index (χ0n) is 8.96. The van der Waals surface area contributed by atoms with Gasteiger partial charge < -0.3 is 9.84 Å². The van der Waals surface area contributed by atoms with Gasteiger partial charge in [0.05, 0.1) is 12.7 Å². The Labute approximate surface area is 94.8 Å². The lowest BCUT2D eigenvalue weighted by atomic mass is 9.68. The van der Waals surface area contributed by atoms with Gasteiger partial charge >= 0.3 is 0 Å². The van der Waals surface area contributed by atoms with Crippen molar-refractivity contribution in [2.45, 2.75) is 25.4 Å². The van der Waals surface area contributed by atoms with Gasteiger partial charge in [0.25, 0.3) is 0 Å². The van der Waals surface area contributed by atoms with Crippen LogP contribution >= 0.6 is 11.6 Å². The fraction of sp³-hybridized carbons (Fsp3) is 0.500. The van der Waals surface area contributed by atoms with E-state index in [1.54, 1.807) is 25.3 Å². The Morgan fingerprint density at radius 1 is 1.47 bits per heavy atom. The second-order valence-corrected chi connectivity index (χ2v) is 4.83. The highest BCUT2D eigenvalue weighted by molar-refractivity contribution is 6.30. The maximum Gasteiger partial charge on any atom is 0.125 e. The summed E-state index contributed by atoms with van der Waals surface area (Å²) in [5.74, 6) is 1.28. The molecule has 0 aliphatic heterocycles. The average molecular weight is 227 g/mol. The molecule has 2 rings (SSSR count). The van der Waals surface area contributed by atoms with E-state index >= 15 is 0 Å². The topological polar surface area (TPSA) is 29.5 Å². The second-order valence-electron chi connectivity index (χ2n) is 4.39. The van der Waals surface area contributed by atoms with Gasteiger partial charge in [-0.3, -0.25) is 0 Å². The van der Waals surface area contributed by atoms with E-state index in [4.69, 9.17) is 16.3 Å². The molecule has 0 atom stereocenters. The molecule has 1 fully saturated rings. The molecule has 15 heavy (non-hydrogen) atoms. The zero-order valence-corrected chi connectivity index (χ0v) is 9.71. The van der Waals surface area contributed by atoms with E-state index in [0.29, 0.717) is 16.7 Å². The Balaban J connectivity index is 2.38. The van der Waals surface area contributed by atoms with Crippen molar-refractivity contribution in [3.8, 4) is 5.75 Å². The van der Waals surface area contributed by atoms with Crippen molar-refractivity contribution >= 4 is 11.6 Å². The Bertz CT molecular complexity index is 370. The highest BCUT2D eigenvalue weighted by Gasteiger charge is 2.43. The molecule has 3 heteroatoms. The van der Waals surface area contributed by atoms with Gasteiger partial charge in [0.2, 0.25) is 0 Å². The number of rotatable bonds is 2. The van der Waals surface area contributed by atoms with E-state index in [2.05, 4.69) is 6.92 Å². The molecular formula is C12H15ClO2. The summed E-state index contributed by atoms with van der Waals surface area (Å²) in [4.78, 5) is 0. The Morgan fingerprint density at radius 3 is 2.67 bits per heavy atom. The Hall–Kier alpha value is -0.730. The van der Waals surface area contributed by atoms with Gasteiger partial charge in [0.1, 0.15) is 5.75 Å². The quantitative estimate of drug-likeness (QED) is 0.840. The standard InChI is InChI=1S/C12H15ClO2/c1-8-6-12(14,7-8)10-5-9(13)3-4-11(10)15-2/h3-5,8,14H,6-7H2,1-2H3. The molecule has 0 amide bonds. The normalized spacial score (nSPS) is 29.7. The van der Waals surface area contributed by atoms with Crippen LogP contribution in [0.4, 0.5) is 0 Å². The fourth-order valence-electron chi connectivity index (χ4n) is 2.36. The first-order chi connectivity index (χ1) is 7.05. The third kappa shape index (κ3) is 1.84. The fourth-order valence-corrected chi connectivity index (χ4v) is 2.53. The van der Waals surface area contributed by atoms with E-state index in [1.807, 2.05) is 0 Å². The molecule has 0 unspecified atom stereocenters. The summed E-state index contributed by atoms with van der Waals surface area (Å²) in [6, 6.07) is 5.38. The van der Waals surface area contributed by atoms with Crippen molar-refractivity contribution in [2.24, 2.45) is 5.92 Å². The lowest BCUT2D eigenvalue weighted by molar-refractivity contribution is -0.0751. The molecule has 0 spiro atoms. The summed E-state index contributed by atoms with van der Waals surface area (Å²) in [7, 11) is 1.61. The third-order valence-electron chi connectivity index (χ3n) is 3.04. The van der Waals surface area contributed by atoms with Gasteiger partial charge in [-0.2, -0.15) is 0 Å². The molecule has 1 aliphatic carbocycles. The minimum atomic E-state index is -0.740. The van der Waals surface area contributed by atoms with Crippen molar-refractivity contribution in [3.63, 3.8) is 0 Å². The minimum Gasteiger partial charge on any atom is -0.496 e. The van der Waals surface area contributed by atoms with Crippen molar-refractivity contribution in [2.75, 3.05) is 7.11 Å². The van der Waals surface area contributed by atoms with Crippen LogP contribution in [0, 0.1) is 5.92 Å². The SMILES string of the molecule is COc1ccc(Cl)cc1C1(O)CC(C)C1. The smallest absolute Gasteiger partial charge is 0.125 e. The van der Waals surface area contributed by atoms with E-state index < -0.39 is 5.60 Å². The highest BCUT2D eigenvalue weighted by Crippen LogP contribution is 2.48. The number of methoxy groups -OCH3 is 1. The van der Waals surface area contributed by atoms with Gasteiger partial charge in [-0.25, -0.2) is 0 Å². The second kappa shape index (κ2) is 3.69. The van der Waals surface area contributed by atoms with E-state index in [-0.39, 0.29) is 0 Å². The van der Waals surface area contributed by atoms with Crippen LogP contribution in [0.2, 0.25) is 5.02 Å². The molecule has 0 heterocycles. The van der Waals surface area contributed by atoms with Crippen molar-refractivity contribution < 1.29 is 9.84 Å². The van der Waals surface area contributed by atoms with Crippen LogP contribution in [-0.4, -0.2) is 12.2 Å². The number of ether oxygens (including phenoxy) is 1. The largest absolute Gasteiger partial charge is 0.496 e. The summed E-state index contributed by atoms with van der Waals surface area (Å²) < 4.78 is 5.24. The lowest BCUT2D eigenvalue weighted by Crippen LogP contribution is -2.40. The molecule has 0 saturated heterocycles. The summed E-state index contributed by atoms with van der Waals surface area (Å²) in [5, 5.41) is 11.0. The highest BCUT2D eigenvalue weighted by atomic mass is 35.5. The number of aliphatic hydroxyl groups is 1. The van der Waals surface area contributed by atoms with Gasteiger partial charge in [0.15, 0.2) is 0 Å². The van der Waals surface area contributed by atoms with Crippen LogP contribution in [-0.2, 0) is 5.60 Å². The van der Waals surface area contributed by atoms with Crippen molar-refractivity contribution in [1.82, 2.24) is 0 Å². The van der Waals surface area contributed by atoms with Gasteiger partial charge in [-0.05, 0) is 37.0 Å². The lowest BCUT2D eigenvalue weighted by Gasteiger charge is -2.43. The number of benzene rings is 1. The summed E-state index contributed by atoms with van der Waals surface area (Å²) in [6.07, 6.45) is 1.56. The third-order valence-corrected chi connectivity index (χ3v) is 3.27. The predicted octanol–water partition coefficient (Wildman–Crippen LogP) is 2.97. The molecule has 1 aromatic carbocycles. The van der Waals surface area contributed by atoms with Crippen molar-refractivity contribution in [1.29, 1.82) is 0 Å². The first-order valence-corrected chi connectivity index (χ1v) is 5.49. The maximum atomic E-state index is 10.3. The van der Waals surface area contributed by atoms with Gasteiger partial charge in [0, 0.05) is 10.6 Å². The molecule has 1 aliphatic rings. The maximum absolute atomic E-state index is 10.3. The summed E-state index contributed by atoms with van der Waals surface area (Å²) in [6.45, 7) is 2.13. The predicted molar refractivity (Wildman–Crippen MR) is 60.3 cm³/mol. The molecule has 0 aromatic heterocycles.